The van der Waals surface area contributed by atoms with Gasteiger partial charge in [-0.25, -0.2) is 0 Å². The fourth-order valence-electron chi connectivity index (χ4n) is 4.25. The largest absolute Gasteiger partial charge is 0.341 e. The number of anilines is 1. The van der Waals surface area contributed by atoms with E-state index in [-0.39, 0.29) is 11.8 Å². The second-order valence-electron chi connectivity index (χ2n) is 7.41. The summed E-state index contributed by atoms with van der Waals surface area (Å²) < 4.78 is 0. The Morgan fingerprint density at radius 2 is 1.73 bits per heavy atom. The Bertz CT molecular complexity index is 667. The number of carbonyl (C=O) groups excluding carboxylic acids is 2. The normalized spacial score (nSPS) is 21.7. The van der Waals surface area contributed by atoms with E-state index < -0.39 is 0 Å². The Labute approximate surface area is 159 Å². The van der Waals surface area contributed by atoms with Crippen LogP contribution in [-0.2, 0) is 16.0 Å². The van der Waals surface area contributed by atoms with Crippen LogP contribution in [0.25, 0.3) is 0 Å². The zero-order chi connectivity index (χ0) is 17.9. The van der Waals surface area contributed by atoms with Crippen LogP contribution in [0.1, 0.15) is 18.4 Å². The van der Waals surface area contributed by atoms with E-state index in [0.717, 1.165) is 69.2 Å². The fourth-order valence-corrected chi connectivity index (χ4v) is 5.16. The highest BCUT2D eigenvalue weighted by molar-refractivity contribution is 7.99. The second kappa shape index (κ2) is 8.01. The number of para-hydroxylation sites is 1. The van der Waals surface area contributed by atoms with Crippen molar-refractivity contribution in [3.63, 3.8) is 0 Å². The summed E-state index contributed by atoms with van der Waals surface area (Å²) in [6.07, 6.45) is 2.71. The van der Waals surface area contributed by atoms with E-state index in [1.54, 1.807) is 0 Å². The number of carbonyl (C=O) groups is 2. The van der Waals surface area contributed by atoms with Crippen molar-refractivity contribution >= 4 is 29.3 Å². The third kappa shape index (κ3) is 3.76. The Balaban J connectivity index is 1.27. The topological polar surface area (TPSA) is 43.9 Å². The molecule has 0 aromatic heterocycles. The van der Waals surface area contributed by atoms with Gasteiger partial charge in [0.05, 0.1) is 6.54 Å². The number of benzene rings is 1. The number of amides is 2. The maximum absolute atomic E-state index is 12.7. The lowest BCUT2D eigenvalue weighted by Gasteiger charge is -2.35. The van der Waals surface area contributed by atoms with Gasteiger partial charge in [0.25, 0.3) is 0 Å². The Morgan fingerprint density at radius 3 is 2.50 bits per heavy atom. The Hall–Kier alpha value is -1.53. The van der Waals surface area contributed by atoms with Crippen LogP contribution in [0, 0.1) is 5.92 Å². The highest BCUT2D eigenvalue weighted by atomic mass is 32.2. The number of piperidine rings is 1. The summed E-state index contributed by atoms with van der Waals surface area (Å²) in [5.74, 6) is 2.81. The third-order valence-electron chi connectivity index (χ3n) is 5.81. The van der Waals surface area contributed by atoms with Gasteiger partial charge in [-0.2, -0.15) is 11.8 Å². The molecule has 1 aromatic carbocycles. The van der Waals surface area contributed by atoms with Crippen LogP contribution in [0.2, 0.25) is 0 Å². The summed E-state index contributed by atoms with van der Waals surface area (Å²) in [5, 5.41) is 0. The number of fused-ring (bicyclic) bond motifs is 1. The minimum Gasteiger partial charge on any atom is -0.341 e. The lowest BCUT2D eigenvalue weighted by atomic mass is 9.95. The molecule has 3 heterocycles. The second-order valence-corrected chi connectivity index (χ2v) is 8.64. The van der Waals surface area contributed by atoms with Crippen molar-refractivity contribution in [3.8, 4) is 0 Å². The molecular weight excluding hydrogens is 346 g/mol. The van der Waals surface area contributed by atoms with Gasteiger partial charge in [-0.3, -0.25) is 14.5 Å². The average Bonchev–Trinajstić information content (AvgIpc) is 3.13. The molecule has 0 bridgehead atoms. The number of likely N-dealkylation sites (tertiary alicyclic amines) is 1. The summed E-state index contributed by atoms with van der Waals surface area (Å²) in [6.45, 7) is 4.75. The zero-order valence-corrected chi connectivity index (χ0v) is 16.0. The molecule has 4 rings (SSSR count). The molecule has 2 amide bonds. The molecule has 0 radical (unpaired) electrons. The van der Waals surface area contributed by atoms with Crippen LogP contribution >= 0.6 is 11.8 Å². The van der Waals surface area contributed by atoms with Crippen molar-refractivity contribution in [2.75, 3.05) is 55.7 Å². The molecule has 0 spiro atoms. The van der Waals surface area contributed by atoms with Gasteiger partial charge in [-0.1, -0.05) is 18.2 Å². The monoisotopic (exact) mass is 373 g/mol. The first-order valence-electron chi connectivity index (χ1n) is 9.69. The van der Waals surface area contributed by atoms with Gasteiger partial charge >= 0.3 is 0 Å². The zero-order valence-electron chi connectivity index (χ0n) is 15.2. The van der Waals surface area contributed by atoms with E-state index >= 15 is 0 Å². The van der Waals surface area contributed by atoms with Crippen LogP contribution < -0.4 is 4.90 Å². The van der Waals surface area contributed by atoms with Gasteiger partial charge in [0.2, 0.25) is 11.8 Å². The summed E-state index contributed by atoms with van der Waals surface area (Å²) in [4.78, 5) is 31.6. The first-order chi connectivity index (χ1) is 12.7. The number of hydrogen-bond acceptors (Lipinski definition) is 4. The predicted molar refractivity (Wildman–Crippen MR) is 106 cm³/mol. The molecule has 2 fully saturated rings. The van der Waals surface area contributed by atoms with E-state index in [1.807, 2.05) is 39.8 Å². The summed E-state index contributed by atoms with van der Waals surface area (Å²) in [7, 11) is 0. The first kappa shape index (κ1) is 17.9. The van der Waals surface area contributed by atoms with E-state index in [9.17, 15) is 9.59 Å². The SMILES string of the molecule is O=C(C1CCN(CC(=O)N2CCc3ccccc32)CC1)N1CCSCC1. The fraction of sp³-hybridized carbons (Fsp3) is 0.600. The molecule has 5 nitrogen and oxygen atoms in total. The van der Waals surface area contributed by atoms with Crippen LogP contribution in [-0.4, -0.2) is 72.4 Å². The van der Waals surface area contributed by atoms with Crippen molar-refractivity contribution < 1.29 is 9.59 Å². The summed E-state index contributed by atoms with van der Waals surface area (Å²) in [5.41, 5.74) is 2.34. The molecule has 3 aliphatic rings. The molecule has 26 heavy (non-hydrogen) atoms. The quantitative estimate of drug-likeness (QED) is 0.811. The minimum absolute atomic E-state index is 0.150. The van der Waals surface area contributed by atoms with Crippen LogP contribution in [0.3, 0.4) is 0 Å². The van der Waals surface area contributed by atoms with Gasteiger partial charge in [-0.05, 0) is 44.0 Å². The third-order valence-corrected chi connectivity index (χ3v) is 6.75. The van der Waals surface area contributed by atoms with Crippen molar-refractivity contribution in [2.45, 2.75) is 19.3 Å². The maximum Gasteiger partial charge on any atom is 0.241 e. The smallest absolute Gasteiger partial charge is 0.241 e. The molecule has 0 aliphatic carbocycles. The molecule has 0 N–H and O–H groups in total. The lowest BCUT2D eigenvalue weighted by Crippen LogP contribution is -2.47. The van der Waals surface area contributed by atoms with Gasteiger partial charge in [0.15, 0.2) is 0 Å². The average molecular weight is 374 g/mol. The van der Waals surface area contributed by atoms with E-state index in [2.05, 4.69) is 11.0 Å². The van der Waals surface area contributed by atoms with Gasteiger partial charge in [0.1, 0.15) is 0 Å². The standard InChI is InChI=1S/C20H27N3O2S/c24-19(23-10-7-16-3-1-2-4-18(16)23)15-21-8-5-17(6-9-21)20(25)22-11-13-26-14-12-22/h1-4,17H,5-15H2. The molecule has 0 atom stereocenters. The number of nitrogens with zero attached hydrogens (tertiary/aromatic N) is 3. The van der Waals surface area contributed by atoms with Gasteiger partial charge in [0, 0.05) is 42.7 Å². The molecule has 1 aromatic rings. The Kier molecular flexibility index (Phi) is 5.50. The molecule has 140 valence electrons. The first-order valence-corrected chi connectivity index (χ1v) is 10.8. The molecule has 0 saturated carbocycles. The number of thioether (sulfide) groups is 1. The van der Waals surface area contributed by atoms with Crippen molar-refractivity contribution in [3.05, 3.63) is 29.8 Å². The van der Waals surface area contributed by atoms with Gasteiger partial charge < -0.3 is 9.80 Å². The highest BCUT2D eigenvalue weighted by Crippen LogP contribution is 2.28. The van der Waals surface area contributed by atoms with Crippen molar-refractivity contribution in [1.82, 2.24) is 9.80 Å². The number of rotatable bonds is 3. The predicted octanol–water partition coefficient (Wildman–Crippen LogP) is 1.86. The molecule has 6 heteroatoms. The van der Waals surface area contributed by atoms with Crippen LogP contribution in [0.4, 0.5) is 5.69 Å². The summed E-state index contributed by atoms with van der Waals surface area (Å²) >= 11 is 1.93. The molecular formula is C20H27N3O2S. The van der Waals surface area contributed by atoms with E-state index in [4.69, 9.17) is 0 Å². The van der Waals surface area contributed by atoms with Crippen molar-refractivity contribution in [2.24, 2.45) is 5.92 Å². The minimum atomic E-state index is 0.150. The van der Waals surface area contributed by atoms with Gasteiger partial charge in [-0.15, -0.1) is 0 Å². The van der Waals surface area contributed by atoms with Crippen molar-refractivity contribution in [1.29, 1.82) is 0 Å². The molecule has 2 saturated heterocycles. The van der Waals surface area contributed by atoms with Crippen LogP contribution in [0.5, 0.6) is 0 Å². The van der Waals surface area contributed by atoms with E-state index in [1.165, 1.54) is 5.56 Å². The maximum atomic E-state index is 12.7. The molecule has 3 aliphatic heterocycles. The van der Waals surface area contributed by atoms with E-state index in [0.29, 0.717) is 12.5 Å². The summed E-state index contributed by atoms with van der Waals surface area (Å²) in [6, 6.07) is 8.19. The molecule has 0 unspecified atom stereocenters. The lowest BCUT2D eigenvalue weighted by molar-refractivity contribution is -0.136. The Morgan fingerprint density at radius 1 is 1.00 bits per heavy atom. The van der Waals surface area contributed by atoms with Crippen LogP contribution in [0.15, 0.2) is 24.3 Å². The number of hydrogen-bond donors (Lipinski definition) is 0. The highest BCUT2D eigenvalue weighted by Gasteiger charge is 2.31.